The molecular weight excluding hydrogens is 445 g/mol. The number of amides is 1. The minimum absolute atomic E-state index is 0.182. The zero-order valence-electron chi connectivity index (χ0n) is 18.7. The number of nitrogens with one attached hydrogen (secondary N) is 2. The van der Waals surface area contributed by atoms with Gasteiger partial charge in [0.2, 0.25) is 0 Å². The van der Waals surface area contributed by atoms with Gasteiger partial charge in [-0.15, -0.1) is 0 Å². The normalized spacial score (nSPS) is 13.0. The van der Waals surface area contributed by atoms with Crippen LogP contribution in [0.15, 0.2) is 36.4 Å². The molecule has 0 aliphatic heterocycles. The number of rotatable bonds is 4. The van der Waals surface area contributed by atoms with Gasteiger partial charge in [0.25, 0.3) is 5.91 Å². The van der Waals surface area contributed by atoms with Crippen LogP contribution in [-0.2, 0) is 20.9 Å². The van der Waals surface area contributed by atoms with Crippen molar-refractivity contribution in [3.63, 3.8) is 0 Å². The molecule has 32 heavy (non-hydrogen) atoms. The number of carbonyl (C=O) groups excluding carboxylic acids is 1. The Bertz CT molecular complexity index is 1090. The Balaban J connectivity index is 2.44. The van der Waals surface area contributed by atoms with Crippen molar-refractivity contribution >= 4 is 27.3 Å². The Morgan fingerprint density at radius 1 is 0.875 bits per heavy atom. The highest BCUT2D eigenvalue weighted by molar-refractivity contribution is 7.90. The molecule has 176 valence electrons. The first-order valence-corrected chi connectivity index (χ1v) is 11.2. The molecule has 6 nitrogen and oxygen atoms in total. The third-order valence-electron chi connectivity index (χ3n) is 4.67. The predicted molar refractivity (Wildman–Crippen MR) is 118 cm³/mol. The van der Waals surface area contributed by atoms with Gasteiger partial charge in [0.05, 0.1) is 0 Å². The van der Waals surface area contributed by atoms with Crippen molar-refractivity contribution in [2.75, 3.05) is 5.32 Å². The summed E-state index contributed by atoms with van der Waals surface area (Å²) in [6.45, 7) is 11.7. The third kappa shape index (κ3) is 5.73. The van der Waals surface area contributed by atoms with Crippen molar-refractivity contribution in [1.82, 2.24) is 4.72 Å². The van der Waals surface area contributed by atoms with E-state index in [1.54, 1.807) is 18.2 Å². The van der Waals surface area contributed by atoms with Crippen LogP contribution in [0.3, 0.4) is 0 Å². The van der Waals surface area contributed by atoms with Crippen LogP contribution in [0.2, 0.25) is 0 Å². The molecule has 0 radical (unpaired) electrons. The number of halogens is 3. The van der Waals surface area contributed by atoms with Crippen molar-refractivity contribution in [3.8, 4) is 5.75 Å². The van der Waals surface area contributed by atoms with E-state index in [4.69, 9.17) is 0 Å². The van der Waals surface area contributed by atoms with Crippen molar-refractivity contribution in [3.05, 3.63) is 53.1 Å². The van der Waals surface area contributed by atoms with Crippen LogP contribution in [0.25, 0.3) is 0 Å². The molecular formula is C22H27F3N2O4S. The highest BCUT2D eigenvalue weighted by atomic mass is 32.2. The number of hydrogen-bond donors (Lipinski definition) is 3. The summed E-state index contributed by atoms with van der Waals surface area (Å²) >= 11 is 0. The number of hydrogen-bond acceptors (Lipinski definition) is 5. The maximum Gasteiger partial charge on any atom is 0.516 e. The maximum atomic E-state index is 12.5. The molecule has 0 aliphatic rings. The number of benzene rings is 2. The smallest absolute Gasteiger partial charge is 0.507 e. The van der Waals surface area contributed by atoms with Crippen LogP contribution in [0.4, 0.5) is 24.5 Å². The molecule has 2 rings (SSSR count). The molecule has 0 spiro atoms. The molecule has 0 bridgehead atoms. The Morgan fingerprint density at radius 2 is 1.38 bits per heavy atom. The largest absolute Gasteiger partial charge is 0.516 e. The summed E-state index contributed by atoms with van der Waals surface area (Å²) in [5, 5.41) is 13.9. The number of phenolic OH excluding ortho intramolecular Hbond substituents is 1. The van der Waals surface area contributed by atoms with E-state index in [-0.39, 0.29) is 22.1 Å². The average molecular weight is 473 g/mol. The minimum Gasteiger partial charge on any atom is -0.507 e. The van der Waals surface area contributed by atoms with E-state index in [0.29, 0.717) is 22.5 Å². The topological polar surface area (TPSA) is 95.5 Å². The van der Waals surface area contributed by atoms with Gasteiger partial charge in [-0.2, -0.15) is 21.6 Å². The Morgan fingerprint density at radius 3 is 1.81 bits per heavy atom. The summed E-state index contributed by atoms with van der Waals surface area (Å²) in [7, 11) is -5.81. The maximum absolute atomic E-state index is 12.5. The van der Waals surface area contributed by atoms with Gasteiger partial charge in [-0.25, -0.2) is 4.72 Å². The van der Waals surface area contributed by atoms with Crippen molar-refractivity contribution in [1.29, 1.82) is 0 Å². The molecule has 0 aliphatic carbocycles. The lowest BCUT2D eigenvalue weighted by Crippen LogP contribution is -2.40. The molecule has 0 unspecified atom stereocenters. The lowest BCUT2D eigenvalue weighted by Gasteiger charge is -2.28. The van der Waals surface area contributed by atoms with E-state index in [9.17, 15) is 31.5 Å². The Labute approximate surface area is 185 Å². The fourth-order valence-electron chi connectivity index (χ4n) is 2.99. The van der Waals surface area contributed by atoms with Gasteiger partial charge in [0.1, 0.15) is 5.75 Å². The van der Waals surface area contributed by atoms with E-state index < -0.39 is 21.4 Å². The van der Waals surface area contributed by atoms with E-state index in [0.717, 1.165) is 4.72 Å². The minimum atomic E-state index is -5.81. The van der Waals surface area contributed by atoms with Crippen LogP contribution in [0.1, 0.15) is 63.0 Å². The monoisotopic (exact) mass is 472 g/mol. The van der Waals surface area contributed by atoms with Gasteiger partial charge in [-0.05, 0) is 41.2 Å². The first-order valence-electron chi connectivity index (χ1n) is 9.71. The number of anilines is 2. The average Bonchev–Trinajstić information content (AvgIpc) is 2.60. The zero-order valence-corrected chi connectivity index (χ0v) is 19.5. The molecule has 2 aromatic carbocycles. The third-order valence-corrected chi connectivity index (χ3v) is 5.73. The standard InChI is InChI=1S/C22H27F3N2O4S/c1-20(2,3)16-11-15(12-17(18(16)28)21(4,5)6)26-14-9-7-8-13(10-14)19(29)27-32(30,31)22(23,24)25/h7-12,26,28H,1-6H3,(H,27,29). The van der Waals surface area contributed by atoms with Crippen molar-refractivity contribution < 1.29 is 31.5 Å². The molecule has 0 saturated heterocycles. The summed E-state index contributed by atoms with van der Waals surface area (Å²) in [5.41, 5.74) is -4.29. The molecule has 0 aromatic heterocycles. The van der Waals surface area contributed by atoms with Crippen molar-refractivity contribution in [2.24, 2.45) is 0 Å². The molecule has 1 amide bonds. The second-order valence-electron chi connectivity index (χ2n) is 9.51. The lowest BCUT2D eigenvalue weighted by atomic mass is 9.79. The summed E-state index contributed by atoms with van der Waals surface area (Å²) in [5.74, 6) is -1.22. The summed E-state index contributed by atoms with van der Waals surface area (Å²) in [4.78, 5) is 12.1. The number of aromatic hydroxyl groups is 1. The SMILES string of the molecule is CC(C)(C)c1cc(Nc2cccc(C(=O)NS(=O)(=O)C(F)(F)F)c2)cc(C(C)(C)C)c1O. The van der Waals surface area contributed by atoms with E-state index in [1.807, 2.05) is 41.5 Å². The molecule has 0 fully saturated rings. The number of sulfonamides is 1. The quantitative estimate of drug-likeness (QED) is 0.524. The molecule has 0 heterocycles. The van der Waals surface area contributed by atoms with Crippen molar-refractivity contribution in [2.45, 2.75) is 57.9 Å². The summed E-state index contributed by atoms with van der Waals surface area (Å²) < 4.78 is 61.1. The summed E-state index contributed by atoms with van der Waals surface area (Å²) in [6.07, 6.45) is 0. The first kappa shape index (κ1) is 25.5. The molecule has 0 saturated carbocycles. The molecule has 0 atom stereocenters. The number of phenols is 1. The van der Waals surface area contributed by atoms with Gasteiger partial charge < -0.3 is 10.4 Å². The zero-order chi connectivity index (χ0) is 24.7. The fraction of sp³-hybridized carbons (Fsp3) is 0.409. The van der Waals surface area contributed by atoms with Crippen LogP contribution >= 0.6 is 0 Å². The van der Waals surface area contributed by atoms with E-state index >= 15 is 0 Å². The van der Waals surface area contributed by atoms with Crippen LogP contribution in [-0.4, -0.2) is 24.9 Å². The van der Waals surface area contributed by atoms with E-state index in [2.05, 4.69) is 5.32 Å². The summed E-state index contributed by atoms with van der Waals surface area (Å²) in [6, 6.07) is 8.94. The van der Waals surface area contributed by atoms with Gasteiger partial charge >= 0.3 is 15.5 Å². The second-order valence-corrected chi connectivity index (χ2v) is 11.2. The number of carbonyl (C=O) groups is 1. The molecule has 3 N–H and O–H groups in total. The van der Waals surface area contributed by atoms with Gasteiger partial charge in [0.15, 0.2) is 0 Å². The highest BCUT2D eigenvalue weighted by Gasteiger charge is 2.47. The second kappa shape index (κ2) is 8.31. The van der Waals surface area contributed by atoms with Gasteiger partial charge in [0, 0.05) is 28.1 Å². The van der Waals surface area contributed by atoms with E-state index in [1.165, 1.54) is 18.2 Å². The van der Waals surface area contributed by atoms with Crippen LogP contribution in [0, 0.1) is 0 Å². The number of alkyl halides is 3. The van der Waals surface area contributed by atoms with Gasteiger partial charge in [-0.1, -0.05) is 47.6 Å². The van der Waals surface area contributed by atoms with Crippen LogP contribution in [0.5, 0.6) is 5.75 Å². The van der Waals surface area contributed by atoms with Crippen LogP contribution < -0.4 is 10.0 Å². The fourth-order valence-corrected chi connectivity index (χ4v) is 3.47. The highest BCUT2D eigenvalue weighted by Crippen LogP contribution is 2.41. The lowest BCUT2D eigenvalue weighted by molar-refractivity contribution is -0.0446. The molecule has 2 aromatic rings. The van der Waals surface area contributed by atoms with Gasteiger partial charge in [-0.3, -0.25) is 4.79 Å². The Kier molecular flexibility index (Phi) is 6.62. The first-order chi connectivity index (χ1) is 14.3. The predicted octanol–water partition coefficient (Wildman–Crippen LogP) is 5.31. The Hall–Kier alpha value is -2.75. The molecule has 10 heteroatoms.